The van der Waals surface area contributed by atoms with Crippen LogP contribution in [0.2, 0.25) is 0 Å². The number of aryl methyl sites for hydroxylation is 1. The first-order valence-corrected chi connectivity index (χ1v) is 8.20. The van der Waals surface area contributed by atoms with Crippen LogP contribution in [0, 0.1) is 12.8 Å². The second-order valence-electron chi connectivity index (χ2n) is 6.42. The minimum absolute atomic E-state index is 0.0188. The lowest BCUT2D eigenvalue weighted by molar-refractivity contribution is -0.135. The molecular formula is C20H22N2O2. The van der Waals surface area contributed by atoms with Crippen molar-refractivity contribution < 1.29 is 9.59 Å². The predicted molar refractivity (Wildman–Crippen MR) is 94.6 cm³/mol. The van der Waals surface area contributed by atoms with E-state index in [1.807, 2.05) is 61.5 Å². The van der Waals surface area contributed by atoms with E-state index < -0.39 is 0 Å². The highest BCUT2D eigenvalue weighted by Crippen LogP contribution is 2.26. The van der Waals surface area contributed by atoms with E-state index in [1.165, 1.54) is 0 Å². The molecule has 4 heteroatoms. The smallest absolute Gasteiger partial charge is 0.228 e. The van der Waals surface area contributed by atoms with Gasteiger partial charge in [0.25, 0.3) is 0 Å². The maximum Gasteiger partial charge on any atom is 0.228 e. The maximum absolute atomic E-state index is 12.7. The van der Waals surface area contributed by atoms with Crippen LogP contribution in [0.3, 0.4) is 0 Å². The Kier molecular flexibility index (Phi) is 4.65. The molecule has 4 nitrogen and oxygen atoms in total. The van der Waals surface area contributed by atoms with Gasteiger partial charge in [-0.15, -0.1) is 0 Å². The second kappa shape index (κ2) is 6.87. The highest BCUT2D eigenvalue weighted by Gasteiger charge is 2.36. The molecule has 3 rings (SSSR count). The summed E-state index contributed by atoms with van der Waals surface area (Å²) in [6.07, 6.45) is 0.284. The Morgan fingerprint density at radius 1 is 1.12 bits per heavy atom. The van der Waals surface area contributed by atoms with Crippen LogP contribution in [0.25, 0.3) is 0 Å². The van der Waals surface area contributed by atoms with E-state index in [2.05, 4.69) is 0 Å². The van der Waals surface area contributed by atoms with Crippen LogP contribution in [0.15, 0.2) is 54.6 Å². The van der Waals surface area contributed by atoms with Gasteiger partial charge in [0.2, 0.25) is 11.8 Å². The van der Waals surface area contributed by atoms with E-state index in [0.717, 1.165) is 16.8 Å². The fraction of sp³-hybridized carbons (Fsp3) is 0.300. The van der Waals surface area contributed by atoms with Gasteiger partial charge >= 0.3 is 0 Å². The Balaban J connectivity index is 1.66. The minimum Gasteiger partial charge on any atom is -0.341 e. The molecule has 24 heavy (non-hydrogen) atoms. The molecule has 124 valence electrons. The van der Waals surface area contributed by atoms with E-state index in [1.54, 1.807) is 16.8 Å². The Hall–Kier alpha value is -2.62. The molecule has 1 aliphatic rings. The molecule has 0 radical (unpaired) electrons. The summed E-state index contributed by atoms with van der Waals surface area (Å²) >= 11 is 0. The summed E-state index contributed by atoms with van der Waals surface area (Å²) in [7, 11) is 1.80. The first kappa shape index (κ1) is 16.2. The molecule has 1 aliphatic heterocycles. The van der Waals surface area contributed by atoms with Gasteiger partial charge in [0.05, 0.1) is 5.92 Å². The zero-order valence-electron chi connectivity index (χ0n) is 14.1. The van der Waals surface area contributed by atoms with Gasteiger partial charge < -0.3 is 9.80 Å². The molecule has 2 aromatic carbocycles. The molecule has 1 saturated heterocycles. The van der Waals surface area contributed by atoms with Gasteiger partial charge in [0, 0.05) is 32.2 Å². The number of rotatable bonds is 4. The number of nitrogens with zero attached hydrogens (tertiary/aromatic N) is 2. The van der Waals surface area contributed by atoms with Crippen molar-refractivity contribution in [3.05, 3.63) is 65.7 Å². The van der Waals surface area contributed by atoms with Gasteiger partial charge in [0.1, 0.15) is 0 Å². The Labute approximate surface area is 142 Å². The molecule has 0 bridgehead atoms. The summed E-state index contributed by atoms with van der Waals surface area (Å²) in [5, 5.41) is 0. The summed E-state index contributed by atoms with van der Waals surface area (Å²) in [4.78, 5) is 28.4. The molecule has 0 aliphatic carbocycles. The Morgan fingerprint density at radius 2 is 1.79 bits per heavy atom. The summed E-state index contributed by atoms with van der Waals surface area (Å²) in [5.41, 5.74) is 3.11. The van der Waals surface area contributed by atoms with Crippen LogP contribution in [0.5, 0.6) is 0 Å². The van der Waals surface area contributed by atoms with Crippen LogP contribution >= 0.6 is 0 Å². The van der Waals surface area contributed by atoms with Crippen LogP contribution in [0.4, 0.5) is 5.69 Å². The van der Waals surface area contributed by atoms with E-state index >= 15 is 0 Å². The van der Waals surface area contributed by atoms with E-state index in [4.69, 9.17) is 0 Å². The summed E-state index contributed by atoms with van der Waals surface area (Å²) in [6, 6.07) is 17.7. The molecule has 1 fully saturated rings. The molecule has 1 heterocycles. The highest BCUT2D eigenvalue weighted by atomic mass is 16.2. The number of hydrogen-bond acceptors (Lipinski definition) is 2. The molecule has 0 saturated carbocycles. The van der Waals surface area contributed by atoms with Gasteiger partial charge in [-0.3, -0.25) is 9.59 Å². The lowest BCUT2D eigenvalue weighted by atomic mass is 10.1. The van der Waals surface area contributed by atoms with Crippen molar-refractivity contribution in [3.63, 3.8) is 0 Å². The molecule has 0 aromatic heterocycles. The lowest BCUT2D eigenvalue weighted by Gasteiger charge is -2.21. The second-order valence-corrected chi connectivity index (χ2v) is 6.42. The van der Waals surface area contributed by atoms with E-state index in [0.29, 0.717) is 13.1 Å². The summed E-state index contributed by atoms with van der Waals surface area (Å²) < 4.78 is 0. The van der Waals surface area contributed by atoms with Crippen LogP contribution in [-0.4, -0.2) is 30.3 Å². The van der Waals surface area contributed by atoms with Crippen molar-refractivity contribution in [2.45, 2.75) is 19.9 Å². The predicted octanol–water partition coefficient (Wildman–Crippen LogP) is 3.01. The first-order valence-electron chi connectivity index (χ1n) is 8.20. The van der Waals surface area contributed by atoms with E-state index in [9.17, 15) is 9.59 Å². The average Bonchev–Trinajstić information content (AvgIpc) is 2.97. The number of carbonyl (C=O) groups is 2. The third kappa shape index (κ3) is 3.48. The summed E-state index contributed by atoms with van der Waals surface area (Å²) in [5.74, 6) is -0.223. The largest absolute Gasteiger partial charge is 0.341 e. The number of benzene rings is 2. The number of anilines is 1. The monoisotopic (exact) mass is 322 g/mol. The number of carbonyl (C=O) groups excluding carboxylic acids is 2. The number of amides is 2. The molecule has 0 spiro atoms. The molecule has 2 amide bonds. The van der Waals surface area contributed by atoms with Gasteiger partial charge in [-0.25, -0.2) is 0 Å². The Bertz CT molecular complexity index is 725. The standard InChI is InChI=1S/C20H22N2O2/c1-15-8-10-18(11-9-15)22-14-17(12-19(22)23)20(24)21(2)13-16-6-4-3-5-7-16/h3-11,17H,12-14H2,1-2H3. The van der Waals surface area contributed by atoms with Crippen molar-refractivity contribution in [1.29, 1.82) is 0 Å². The van der Waals surface area contributed by atoms with Crippen molar-refractivity contribution in [1.82, 2.24) is 4.90 Å². The Morgan fingerprint density at radius 3 is 2.46 bits per heavy atom. The maximum atomic E-state index is 12.7. The molecule has 1 atom stereocenters. The van der Waals surface area contributed by atoms with Crippen LogP contribution in [-0.2, 0) is 16.1 Å². The van der Waals surface area contributed by atoms with Crippen molar-refractivity contribution >= 4 is 17.5 Å². The molecule has 0 N–H and O–H groups in total. The quantitative estimate of drug-likeness (QED) is 0.868. The lowest BCUT2D eigenvalue weighted by Crippen LogP contribution is -2.34. The van der Waals surface area contributed by atoms with Crippen LogP contribution < -0.4 is 4.90 Å². The molecular weight excluding hydrogens is 300 g/mol. The SMILES string of the molecule is Cc1ccc(N2CC(C(=O)N(C)Cc3ccccc3)CC2=O)cc1. The van der Waals surface area contributed by atoms with Gasteiger partial charge in [-0.2, -0.15) is 0 Å². The molecule has 1 unspecified atom stereocenters. The van der Waals surface area contributed by atoms with E-state index in [-0.39, 0.29) is 24.2 Å². The van der Waals surface area contributed by atoms with Crippen molar-refractivity contribution in [2.75, 3.05) is 18.5 Å². The van der Waals surface area contributed by atoms with Gasteiger partial charge in [-0.1, -0.05) is 48.0 Å². The highest BCUT2D eigenvalue weighted by molar-refractivity contribution is 6.00. The first-order chi connectivity index (χ1) is 11.5. The fourth-order valence-corrected chi connectivity index (χ4v) is 3.09. The van der Waals surface area contributed by atoms with Gasteiger partial charge in [0.15, 0.2) is 0 Å². The zero-order valence-corrected chi connectivity index (χ0v) is 14.1. The summed E-state index contributed by atoms with van der Waals surface area (Å²) in [6.45, 7) is 3.04. The van der Waals surface area contributed by atoms with Crippen molar-refractivity contribution in [3.8, 4) is 0 Å². The minimum atomic E-state index is -0.271. The zero-order chi connectivity index (χ0) is 17.1. The third-order valence-corrected chi connectivity index (χ3v) is 4.46. The normalized spacial score (nSPS) is 17.2. The topological polar surface area (TPSA) is 40.6 Å². The molecule has 2 aromatic rings. The third-order valence-electron chi connectivity index (χ3n) is 4.46. The van der Waals surface area contributed by atoms with Gasteiger partial charge in [-0.05, 0) is 24.6 Å². The average molecular weight is 322 g/mol. The number of hydrogen-bond donors (Lipinski definition) is 0. The fourth-order valence-electron chi connectivity index (χ4n) is 3.09. The van der Waals surface area contributed by atoms with Crippen molar-refractivity contribution in [2.24, 2.45) is 5.92 Å². The van der Waals surface area contributed by atoms with Crippen LogP contribution in [0.1, 0.15) is 17.5 Å².